The van der Waals surface area contributed by atoms with E-state index in [0.717, 1.165) is 48.1 Å². The number of carboxylic acid groups (broad SMARTS) is 1. The minimum absolute atomic E-state index is 0.222. The van der Waals surface area contributed by atoms with Gasteiger partial charge in [0.25, 0.3) is 0 Å². The lowest BCUT2D eigenvalue weighted by Gasteiger charge is -2.25. The normalized spacial score (nSPS) is 10.8. The summed E-state index contributed by atoms with van der Waals surface area (Å²) in [5, 5.41) is 24.0. The molecule has 0 aliphatic heterocycles. The second-order valence-electron chi connectivity index (χ2n) is 7.79. The number of hydrogen-bond acceptors (Lipinski definition) is 6. The zero-order chi connectivity index (χ0) is 23.0. The van der Waals surface area contributed by atoms with Crippen molar-refractivity contribution in [3.8, 4) is 22.5 Å². The van der Waals surface area contributed by atoms with Crippen LogP contribution in [0.3, 0.4) is 0 Å². The third-order valence-corrected chi connectivity index (χ3v) is 5.50. The molecule has 0 unspecified atom stereocenters. The van der Waals surface area contributed by atoms with Crippen LogP contribution in [-0.4, -0.2) is 43.2 Å². The number of aromatic carboxylic acids is 1. The largest absolute Gasteiger partial charge is 0.478 e. The van der Waals surface area contributed by atoms with Crippen LogP contribution in [0, 0.1) is 0 Å². The molecular formula is C25H26N6O2. The number of anilines is 1. The smallest absolute Gasteiger partial charge is 0.339 e. The van der Waals surface area contributed by atoms with Gasteiger partial charge in [-0.3, -0.25) is 0 Å². The molecule has 2 heterocycles. The van der Waals surface area contributed by atoms with Crippen molar-refractivity contribution in [3.63, 3.8) is 0 Å². The minimum atomic E-state index is -0.966. The second kappa shape index (κ2) is 10.5. The molecule has 0 saturated heterocycles. The molecule has 0 amide bonds. The van der Waals surface area contributed by atoms with E-state index in [1.54, 1.807) is 18.3 Å². The summed E-state index contributed by atoms with van der Waals surface area (Å²) in [7, 11) is 0. The lowest BCUT2D eigenvalue weighted by molar-refractivity contribution is 0.0697. The van der Waals surface area contributed by atoms with Crippen molar-refractivity contribution < 1.29 is 9.90 Å². The topological polar surface area (TPSA) is 108 Å². The van der Waals surface area contributed by atoms with Crippen molar-refractivity contribution >= 4 is 11.8 Å². The van der Waals surface area contributed by atoms with Gasteiger partial charge in [-0.2, -0.15) is 5.21 Å². The van der Waals surface area contributed by atoms with Crippen molar-refractivity contribution in [1.82, 2.24) is 25.6 Å². The highest BCUT2D eigenvalue weighted by Gasteiger charge is 2.18. The molecule has 0 saturated carbocycles. The number of nitrogens with zero attached hydrogens (tertiary/aromatic N) is 5. The number of hydrogen-bond donors (Lipinski definition) is 2. The summed E-state index contributed by atoms with van der Waals surface area (Å²) in [5.74, 6) is 0.0905. The predicted octanol–water partition coefficient (Wildman–Crippen LogP) is 4.82. The fourth-order valence-corrected chi connectivity index (χ4v) is 3.84. The summed E-state index contributed by atoms with van der Waals surface area (Å²) in [6, 6.07) is 19.5. The van der Waals surface area contributed by atoms with E-state index in [2.05, 4.69) is 61.7 Å². The van der Waals surface area contributed by atoms with Crippen LogP contribution in [0.1, 0.15) is 42.1 Å². The number of unbranched alkanes of at least 4 members (excludes halogenated alkanes) is 2. The van der Waals surface area contributed by atoms with E-state index in [0.29, 0.717) is 18.2 Å². The van der Waals surface area contributed by atoms with Crippen molar-refractivity contribution in [2.45, 2.75) is 32.7 Å². The molecule has 2 aromatic heterocycles. The summed E-state index contributed by atoms with van der Waals surface area (Å²) >= 11 is 0. The van der Waals surface area contributed by atoms with Crippen molar-refractivity contribution in [3.05, 3.63) is 78.0 Å². The van der Waals surface area contributed by atoms with Gasteiger partial charge in [0.15, 0.2) is 0 Å². The number of tetrazole rings is 1. The second-order valence-corrected chi connectivity index (χ2v) is 7.79. The van der Waals surface area contributed by atoms with E-state index >= 15 is 0 Å². The lowest BCUT2D eigenvalue weighted by Crippen LogP contribution is -2.27. The molecule has 0 aliphatic rings. The van der Waals surface area contributed by atoms with Gasteiger partial charge in [-0.05, 0) is 40.5 Å². The maximum absolute atomic E-state index is 11.8. The third kappa shape index (κ3) is 5.23. The molecule has 2 N–H and O–H groups in total. The van der Waals surface area contributed by atoms with Crippen LogP contribution < -0.4 is 4.90 Å². The number of aromatic amines is 1. The first-order valence-electron chi connectivity index (χ1n) is 11.0. The molecule has 4 aromatic rings. The summed E-state index contributed by atoms with van der Waals surface area (Å²) in [6.07, 6.45) is 4.79. The van der Waals surface area contributed by atoms with Crippen LogP contribution in [0.5, 0.6) is 0 Å². The molecule has 8 heteroatoms. The van der Waals surface area contributed by atoms with E-state index in [-0.39, 0.29) is 5.56 Å². The van der Waals surface area contributed by atoms with Gasteiger partial charge in [-0.15, -0.1) is 10.2 Å². The molecule has 0 radical (unpaired) electrons. The number of carbonyl (C=O) groups is 1. The Bertz CT molecular complexity index is 1190. The first-order chi connectivity index (χ1) is 16.2. The van der Waals surface area contributed by atoms with Gasteiger partial charge in [0, 0.05) is 24.8 Å². The fraction of sp³-hybridized carbons (Fsp3) is 0.240. The molecule has 168 valence electrons. The molecule has 0 spiro atoms. The Kier molecular flexibility index (Phi) is 7.04. The van der Waals surface area contributed by atoms with E-state index in [1.165, 1.54) is 0 Å². The van der Waals surface area contributed by atoms with Gasteiger partial charge < -0.3 is 10.0 Å². The standard InChI is InChI=1S/C25H26N6O2/c1-2-3-6-16-31(24-22(25(32)33)10-7-15-26-24)17-18-11-13-19(14-12-18)20-8-4-5-9-21(20)23-27-29-30-28-23/h4-5,7-15H,2-3,6,16-17H2,1H3,(H,32,33)(H,27,28,29,30). The molecule has 33 heavy (non-hydrogen) atoms. The Labute approximate surface area is 192 Å². The maximum atomic E-state index is 11.8. The van der Waals surface area contributed by atoms with Crippen LogP contribution in [0.4, 0.5) is 5.82 Å². The minimum Gasteiger partial charge on any atom is -0.478 e. The molecule has 8 nitrogen and oxygen atoms in total. The van der Waals surface area contributed by atoms with Gasteiger partial charge >= 0.3 is 5.97 Å². The van der Waals surface area contributed by atoms with Gasteiger partial charge in [0.2, 0.25) is 5.82 Å². The number of rotatable bonds is 10. The first kappa shape index (κ1) is 22.1. The summed E-state index contributed by atoms with van der Waals surface area (Å²) in [5.41, 5.74) is 4.26. The average Bonchev–Trinajstić information content (AvgIpc) is 3.39. The van der Waals surface area contributed by atoms with Crippen LogP contribution in [0.15, 0.2) is 66.9 Å². The highest BCUT2D eigenvalue weighted by atomic mass is 16.4. The Morgan fingerprint density at radius 3 is 2.48 bits per heavy atom. The number of benzene rings is 2. The Morgan fingerprint density at radius 1 is 1.00 bits per heavy atom. The highest BCUT2D eigenvalue weighted by molar-refractivity contribution is 5.93. The van der Waals surface area contributed by atoms with Crippen molar-refractivity contribution in [1.29, 1.82) is 0 Å². The van der Waals surface area contributed by atoms with E-state index < -0.39 is 5.97 Å². The molecule has 4 rings (SSSR count). The third-order valence-electron chi connectivity index (χ3n) is 5.50. The monoisotopic (exact) mass is 442 g/mol. The molecule has 0 atom stereocenters. The average molecular weight is 443 g/mol. The first-order valence-corrected chi connectivity index (χ1v) is 11.0. The highest BCUT2D eigenvalue weighted by Crippen LogP contribution is 2.30. The lowest BCUT2D eigenvalue weighted by atomic mass is 9.98. The maximum Gasteiger partial charge on any atom is 0.339 e. The zero-order valence-corrected chi connectivity index (χ0v) is 18.5. The van der Waals surface area contributed by atoms with Gasteiger partial charge in [-0.25, -0.2) is 9.78 Å². The number of aromatic nitrogens is 5. The Hall–Kier alpha value is -4.07. The SMILES string of the molecule is CCCCCN(Cc1ccc(-c2ccccc2-c2nn[nH]n2)cc1)c1ncccc1C(=O)O. The number of H-pyrrole nitrogens is 1. The number of pyridine rings is 1. The van der Waals surface area contributed by atoms with Crippen LogP contribution in [-0.2, 0) is 6.54 Å². The van der Waals surface area contributed by atoms with Crippen molar-refractivity contribution in [2.75, 3.05) is 11.4 Å². The summed E-state index contributed by atoms with van der Waals surface area (Å²) < 4.78 is 0. The van der Waals surface area contributed by atoms with Gasteiger partial charge in [0.05, 0.1) is 0 Å². The zero-order valence-electron chi connectivity index (χ0n) is 18.5. The number of carboxylic acids is 1. The molecule has 0 bridgehead atoms. The van der Waals surface area contributed by atoms with Crippen LogP contribution in [0.2, 0.25) is 0 Å². The van der Waals surface area contributed by atoms with Crippen LogP contribution >= 0.6 is 0 Å². The fourth-order valence-electron chi connectivity index (χ4n) is 3.84. The number of nitrogens with one attached hydrogen (secondary N) is 1. The van der Waals surface area contributed by atoms with E-state index in [1.807, 2.05) is 24.3 Å². The van der Waals surface area contributed by atoms with Crippen LogP contribution in [0.25, 0.3) is 22.5 Å². The quantitative estimate of drug-likeness (QED) is 0.339. The molecule has 2 aromatic carbocycles. The Morgan fingerprint density at radius 2 is 1.79 bits per heavy atom. The van der Waals surface area contributed by atoms with Crippen molar-refractivity contribution in [2.24, 2.45) is 0 Å². The summed E-state index contributed by atoms with van der Waals surface area (Å²) in [6.45, 7) is 3.47. The van der Waals surface area contributed by atoms with E-state index in [4.69, 9.17) is 0 Å². The van der Waals surface area contributed by atoms with Gasteiger partial charge in [0.1, 0.15) is 11.4 Å². The van der Waals surface area contributed by atoms with Gasteiger partial charge in [-0.1, -0.05) is 68.3 Å². The summed E-state index contributed by atoms with van der Waals surface area (Å²) in [4.78, 5) is 18.2. The molecule has 0 fully saturated rings. The Balaban J connectivity index is 1.60. The van der Waals surface area contributed by atoms with E-state index in [9.17, 15) is 9.90 Å². The predicted molar refractivity (Wildman–Crippen MR) is 127 cm³/mol. The molecule has 0 aliphatic carbocycles. The molecular weight excluding hydrogens is 416 g/mol.